The third-order valence-electron chi connectivity index (χ3n) is 7.60. The molecule has 0 aliphatic carbocycles. The molecule has 6 rings (SSSR count). The molecular formula is C25H28FN7O3. The summed E-state index contributed by atoms with van der Waals surface area (Å²) in [6.45, 7) is 4.96. The average molecular weight is 494 g/mol. The van der Waals surface area contributed by atoms with E-state index in [9.17, 15) is 5.11 Å². The van der Waals surface area contributed by atoms with Gasteiger partial charge in [-0.1, -0.05) is 6.07 Å². The van der Waals surface area contributed by atoms with Gasteiger partial charge in [-0.3, -0.25) is 0 Å². The first-order chi connectivity index (χ1) is 17.2. The van der Waals surface area contributed by atoms with E-state index in [-0.39, 0.29) is 23.2 Å². The van der Waals surface area contributed by atoms with E-state index >= 15 is 4.39 Å². The number of hydrogen-bond acceptors (Lipinski definition) is 10. The molecule has 3 aliphatic rings. The van der Waals surface area contributed by atoms with Gasteiger partial charge in [-0.2, -0.15) is 0 Å². The zero-order chi connectivity index (χ0) is 25.1. The predicted molar refractivity (Wildman–Crippen MR) is 130 cm³/mol. The van der Waals surface area contributed by atoms with Crippen LogP contribution in [0.2, 0.25) is 0 Å². The van der Waals surface area contributed by atoms with Crippen LogP contribution in [0.3, 0.4) is 0 Å². The molecule has 0 radical (unpaired) electrons. The van der Waals surface area contributed by atoms with Gasteiger partial charge in [0.2, 0.25) is 0 Å². The first-order valence-electron chi connectivity index (χ1n) is 12.1. The maximum atomic E-state index is 15.5. The lowest BCUT2D eigenvalue weighted by Gasteiger charge is -2.47. The molecule has 3 aromatic rings. The van der Waals surface area contributed by atoms with Gasteiger partial charge in [-0.15, -0.1) is 10.2 Å². The second kappa shape index (κ2) is 8.22. The lowest BCUT2D eigenvalue weighted by molar-refractivity contribution is 0.0859. The number of phenols is 1. The van der Waals surface area contributed by atoms with E-state index in [1.807, 2.05) is 18.9 Å². The van der Waals surface area contributed by atoms with Gasteiger partial charge in [0, 0.05) is 23.7 Å². The molecule has 5 heterocycles. The highest BCUT2D eigenvalue weighted by Crippen LogP contribution is 2.45. The molecule has 188 valence electrons. The number of fused-ring (bicyclic) bond motifs is 3. The molecule has 2 bridgehead atoms. The SMILES string of the molecule is CN(c1cnc(-c2ccc(-c3cnc4c(n3)OCCO4)cc2O)nn1)[C@H]1C[C@]2(C)CC[C@@](C)(N2)[C@H]1F. The maximum absolute atomic E-state index is 15.5. The summed E-state index contributed by atoms with van der Waals surface area (Å²) in [5.41, 5.74) is 0.987. The Morgan fingerprint density at radius 1 is 1.08 bits per heavy atom. The van der Waals surface area contributed by atoms with Crippen LogP contribution in [0.25, 0.3) is 22.6 Å². The molecule has 36 heavy (non-hydrogen) atoms. The number of benzene rings is 1. The molecule has 2 saturated heterocycles. The van der Waals surface area contributed by atoms with Gasteiger partial charge in [-0.25, -0.2) is 19.3 Å². The standard InChI is InChI=1S/C25H28FN7O3/c1-24-6-7-25(2,32-24)20(26)17(11-24)33(3)19-13-27-21(31-30-19)15-5-4-14(10-18(15)34)16-12-28-22-23(29-16)36-9-8-35-22/h4-5,10,12-13,17,20,32,34H,6-9,11H2,1-3H3/t17-,20-,24-,25+/m0/s1. The van der Waals surface area contributed by atoms with Crippen LogP contribution in [0.1, 0.15) is 33.1 Å². The summed E-state index contributed by atoms with van der Waals surface area (Å²) in [4.78, 5) is 14.9. The topological polar surface area (TPSA) is 118 Å². The van der Waals surface area contributed by atoms with Crippen molar-refractivity contribution in [3.05, 3.63) is 30.6 Å². The van der Waals surface area contributed by atoms with Gasteiger partial charge in [0.05, 0.1) is 29.7 Å². The number of rotatable bonds is 4. The Balaban J connectivity index is 1.22. The summed E-state index contributed by atoms with van der Waals surface area (Å²) in [6.07, 6.45) is 4.53. The summed E-state index contributed by atoms with van der Waals surface area (Å²) >= 11 is 0. The third-order valence-corrected chi connectivity index (χ3v) is 7.60. The molecule has 11 heteroatoms. The van der Waals surface area contributed by atoms with Crippen LogP contribution < -0.4 is 19.7 Å². The minimum absolute atomic E-state index is 0.0216. The van der Waals surface area contributed by atoms with E-state index in [4.69, 9.17) is 9.47 Å². The summed E-state index contributed by atoms with van der Waals surface area (Å²) < 4.78 is 26.4. The van der Waals surface area contributed by atoms with Gasteiger partial charge >= 0.3 is 0 Å². The molecule has 1 aromatic carbocycles. The number of nitrogens with zero attached hydrogens (tertiary/aromatic N) is 6. The number of phenolic OH excluding ortho intramolecular Hbond substituents is 1. The van der Waals surface area contributed by atoms with Gasteiger partial charge in [0.1, 0.15) is 25.1 Å². The fraction of sp³-hybridized carbons (Fsp3) is 0.480. The van der Waals surface area contributed by atoms with Crippen LogP contribution in [-0.4, -0.2) is 73.8 Å². The Labute approximate surface area is 207 Å². The van der Waals surface area contributed by atoms with Crippen LogP contribution in [0.4, 0.5) is 10.2 Å². The normalized spacial score (nSPS) is 28.7. The molecule has 2 fully saturated rings. The smallest absolute Gasteiger partial charge is 0.278 e. The number of nitrogens with one attached hydrogen (secondary N) is 1. The quantitative estimate of drug-likeness (QED) is 0.562. The highest BCUT2D eigenvalue weighted by Gasteiger charge is 2.56. The van der Waals surface area contributed by atoms with E-state index in [1.54, 1.807) is 30.6 Å². The van der Waals surface area contributed by atoms with Crippen molar-refractivity contribution in [2.75, 3.05) is 25.2 Å². The predicted octanol–water partition coefficient (Wildman–Crippen LogP) is 2.92. The number of hydrogen-bond donors (Lipinski definition) is 2. The zero-order valence-corrected chi connectivity index (χ0v) is 20.4. The molecule has 10 nitrogen and oxygen atoms in total. The monoisotopic (exact) mass is 493 g/mol. The highest BCUT2D eigenvalue weighted by molar-refractivity contribution is 5.71. The van der Waals surface area contributed by atoms with Crippen molar-refractivity contribution in [3.63, 3.8) is 0 Å². The highest BCUT2D eigenvalue weighted by atomic mass is 19.1. The first-order valence-corrected chi connectivity index (χ1v) is 12.1. The van der Waals surface area contributed by atoms with Crippen LogP contribution >= 0.6 is 0 Å². The van der Waals surface area contributed by atoms with E-state index < -0.39 is 11.7 Å². The van der Waals surface area contributed by atoms with Gasteiger partial charge in [-0.05, 0) is 45.2 Å². The van der Waals surface area contributed by atoms with Gasteiger partial charge in [0.25, 0.3) is 11.8 Å². The van der Waals surface area contributed by atoms with Crippen LogP contribution in [0.5, 0.6) is 17.5 Å². The second-order valence-electron chi connectivity index (χ2n) is 10.3. The van der Waals surface area contributed by atoms with Crippen molar-refractivity contribution in [1.29, 1.82) is 0 Å². The third kappa shape index (κ3) is 3.78. The van der Waals surface area contributed by atoms with Crippen molar-refractivity contribution >= 4 is 5.82 Å². The van der Waals surface area contributed by atoms with Crippen LogP contribution in [0.15, 0.2) is 30.6 Å². The molecule has 4 atom stereocenters. The zero-order valence-electron chi connectivity index (χ0n) is 20.4. The molecule has 0 amide bonds. The number of aromatic nitrogens is 5. The van der Waals surface area contributed by atoms with E-state index in [0.29, 0.717) is 54.0 Å². The van der Waals surface area contributed by atoms with Crippen LogP contribution in [-0.2, 0) is 0 Å². The largest absolute Gasteiger partial charge is 0.507 e. The van der Waals surface area contributed by atoms with E-state index in [0.717, 1.165) is 12.8 Å². The Kier molecular flexibility index (Phi) is 5.22. The number of alkyl halides is 1. The molecule has 0 saturated carbocycles. The minimum Gasteiger partial charge on any atom is -0.507 e. The Bertz CT molecular complexity index is 1310. The maximum Gasteiger partial charge on any atom is 0.278 e. The molecule has 0 unspecified atom stereocenters. The lowest BCUT2D eigenvalue weighted by atomic mass is 9.82. The van der Waals surface area contributed by atoms with Crippen molar-refractivity contribution in [2.24, 2.45) is 0 Å². The second-order valence-corrected chi connectivity index (χ2v) is 10.3. The molecule has 2 aromatic heterocycles. The number of anilines is 1. The van der Waals surface area contributed by atoms with Gasteiger partial charge < -0.3 is 24.8 Å². The van der Waals surface area contributed by atoms with Crippen molar-refractivity contribution < 1.29 is 19.0 Å². The summed E-state index contributed by atoms with van der Waals surface area (Å²) in [5.74, 6) is 1.42. The van der Waals surface area contributed by atoms with Gasteiger partial charge in [0.15, 0.2) is 11.6 Å². The van der Waals surface area contributed by atoms with Crippen LogP contribution in [0, 0.1) is 0 Å². The fourth-order valence-electron chi connectivity index (χ4n) is 5.61. The Morgan fingerprint density at radius 2 is 1.89 bits per heavy atom. The molecule has 2 N–H and O–H groups in total. The number of aromatic hydroxyl groups is 1. The summed E-state index contributed by atoms with van der Waals surface area (Å²) in [7, 11) is 1.83. The van der Waals surface area contributed by atoms with Crippen molar-refractivity contribution in [2.45, 2.75) is 56.4 Å². The fourth-order valence-corrected chi connectivity index (χ4v) is 5.61. The van der Waals surface area contributed by atoms with Crippen molar-refractivity contribution in [3.8, 4) is 40.2 Å². The van der Waals surface area contributed by atoms with Crippen molar-refractivity contribution in [1.82, 2.24) is 30.5 Å². The number of halogens is 1. The number of ether oxygens (including phenoxy) is 2. The lowest BCUT2D eigenvalue weighted by Crippen LogP contribution is -2.65. The summed E-state index contributed by atoms with van der Waals surface area (Å²) in [6, 6.07) is 4.73. The minimum atomic E-state index is -1.04. The number of piperidine rings is 1. The molecule has 3 aliphatic heterocycles. The Hall–Kier alpha value is -3.60. The average Bonchev–Trinajstić information content (AvgIpc) is 3.17. The Morgan fingerprint density at radius 3 is 2.64 bits per heavy atom. The van der Waals surface area contributed by atoms with E-state index in [2.05, 4.69) is 37.4 Å². The first kappa shape index (κ1) is 22.8. The summed E-state index contributed by atoms with van der Waals surface area (Å²) in [5, 5.41) is 22.7. The van der Waals surface area contributed by atoms with E-state index in [1.165, 1.54) is 0 Å². The molecular weight excluding hydrogens is 465 g/mol. The molecule has 0 spiro atoms.